The standard InChI is InChI=1S/C17H34O6Si/c1-11(2)16(21-13(5)18)9-15(23-24(7,8)20)10-17(12(3)4)22-14(6)19/h11-12,15-17,20H,9-10H2,1-8H3. The van der Waals surface area contributed by atoms with Crippen molar-refractivity contribution in [1.29, 1.82) is 0 Å². The average molecular weight is 363 g/mol. The second-order valence-corrected chi connectivity index (χ2v) is 10.6. The van der Waals surface area contributed by atoms with Gasteiger partial charge in [0.05, 0.1) is 6.10 Å². The molecule has 0 aromatic heterocycles. The summed E-state index contributed by atoms with van der Waals surface area (Å²) in [6.45, 7) is 14.0. The molecule has 0 radical (unpaired) electrons. The number of rotatable bonds is 10. The molecule has 0 aromatic rings. The molecule has 24 heavy (non-hydrogen) atoms. The Labute approximate surface area is 147 Å². The van der Waals surface area contributed by atoms with Gasteiger partial charge in [-0.2, -0.15) is 0 Å². The van der Waals surface area contributed by atoms with Crippen molar-refractivity contribution in [3.8, 4) is 0 Å². The molecule has 0 aliphatic carbocycles. The van der Waals surface area contributed by atoms with E-state index in [0.717, 1.165) is 0 Å². The summed E-state index contributed by atoms with van der Waals surface area (Å²) in [6.07, 6.45) is -0.0598. The van der Waals surface area contributed by atoms with Crippen LogP contribution < -0.4 is 0 Å². The largest absolute Gasteiger partial charge is 0.462 e. The second kappa shape index (κ2) is 10.2. The van der Waals surface area contributed by atoms with Crippen LogP contribution >= 0.6 is 0 Å². The van der Waals surface area contributed by atoms with Crippen molar-refractivity contribution < 1.29 is 28.3 Å². The number of hydrogen-bond donors (Lipinski definition) is 1. The van der Waals surface area contributed by atoms with Crippen LogP contribution in [0.25, 0.3) is 0 Å². The van der Waals surface area contributed by atoms with Gasteiger partial charge in [-0.1, -0.05) is 27.7 Å². The number of ether oxygens (including phenoxy) is 2. The zero-order chi connectivity index (χ0) is 19.1. The Morgan fingerprint density at radius 1 is 0.875 bits per heavy atom. The van der Waals surface area contributed by atoms with Gasteiger partial charge in [-0.3, -0.25) is 9.59 Å². The minimum absolute atomic E-state index is 0.120. The summed E-state index contributed by atoms with van der Waals surface area (Å²) in [5.41, 5.74) is 0. The van der Waals surface area contributed by atoms with Gasteiger partial charge in [-0.05, 0) is 24.9 Å². The lowest BCUT2D eigenvalue weighted by Gasteiger charge is -2.32. The fourth-order valence-electron chi connectivity index (χ4n) is 2.46. The molecule has 0 saturated heterocycles. The maximum absolute atomic E-state index is 11.3. The van der Waals surface area contributed by atoms with Crippen molar-refractivity contribution in [3.63, 3.8) is 0 Å². The van der Waals surface area contributed by atoms with Gasteiger partial charge in [-0.25, -0.2) is 0 Å². The summed E-state index contributed by atoms with van der Waals surface area (Å²) in [5.74, 6) is -0.439. The van der Waals surface area contributed by atoms with Gasteiger partial charge in [0.1, 0.15) is 12.2 Å². The van der Waals surface area contributed by atoms with E-state index >= 15 is 0 Å². The van der Waals surface area contributed by atoms with E-state index in [0.29, 0.717) is 12.8 Å². The normalized spacial score (nSPS) is 16.0. The van der Waals surface area contributed by atoms with Gasteiger partial charge in [-0.15, -0.1) is 0 Å². The summed E-state index contributed by atoms with van der Waals surface area (Å²) in [6, 6.07) is 0. The number of esters is 2. The number of carbonyl (C=O) groups excluding carboxylic acids is 2. The highest BCUT2D eigenvalue weighted by Crippen LogP contribution is 2.24. The van der Waals surface area contributed by atoms with E-state index in [1.54, 1.807) is 13.1 Å². The molecule has 142 valence electrons. The van der Waals surface area contributed by atoms with Crippen LogP contribution in [-0.2, 0) is 23.5 Å². The Hall–Kier alpha value is -0.923. The van der Waals surface area contributed by atoms with E-state index in [2.05, 4.69) is 0 Å². The lowest BCUT2D eigenvalue weighted by molar-refractivity contribution is -0.152. The molecule has 0 fully saturated rings. The van der Waals surface area contributed by atoms with E-state index in [1.807, 2.05) is 27.7 Å². The zero-order valence-electron chi connectivity index (χ0n) is 16.3. The molecule has 0 saturated carbocycles. The van der Waals surface area contributed by atoms with Crippen molar-refractivity contribution in [3.05, 3.63) is 0 Å². The smallest absolute Gasteiger partial charge is 0.329 e. The van der Waals surface area contributed by atoms with Gasteiger partial charge in [0.15, 0.2) is 0 Å². The van der Waals surface area contributed by atoms with Crippen molar-refractivity contribution in [2.24, 2.45) is 11.8 Å². The van der Waals surface area contributed by atoms with Crippen LogP contribution in [0, 0.1) is 11.8 Å². The molecule has 0 rings (SSSR count). The van der Waals surface area contributed by atoms with Gasteiger partial charge in [0, 0.05) is 26.7 Å². The molecule has 6 nitrogen and oxygen atoms in total. The first-order valence-electron chi connectivity index (χ1n) is 8.56. The predicted molar refractivity (Wildman–Crippen MR) is 94.6 cm³/mol. The molecular formula is C17H34O6Si. The van der Waals surface area contributed by atoms with Crippen molar-refractivity contribution in [1.82, 2.24) is 0 Å². The maximum Gasteiger partial charge on any atom is 0.329 e. The third-order valence-corrected chi connectivity index (χ3v) is 4.48. The van der Waals surface area contributed by atoms with E-state index in [4.69, 9.17) is 13.9 Å². The second-order valence-electron chi connectivity index (χ2n) is 7.44. The summed E-state index contributed by atoms with van der Waals surface area (Å²) in [5, 5.41) is 0. The lowest BCUT2D eigenvalue weighted by atomic mass is 9.94. The van der Waals surface area contributed by atoms with Crippen LogP contribution in [0.5, 0.6) is 0 Å². The number of carbonyl (C=O) groups is 2. The van der Waals surface area contributed by atoms with Crippen molar-refractivity contribution in [2.45, 2.75) is 85.8 Å². The van der Waals surface area contributed by atoms with Crippen LogP contribution in [0.4, 0.5) is 0 Å². The molecule has 7 heteroatoms. The molecular weight excluding hydrogens is 328 g/mol. The highest BCUT2D eigenvalue weighted by atomic mass is 28.4. The van der Waals surface area contributed by atoms with Crippen LogP contribution in [0.15, 0.2) is 0 Å². The van der Waals surface area contributed by atoms with Crippen LogP contribution in [0.3, 0.4) is 0 Å². The lowest BCUT2D eigenvalue weighted by Crippen LogP contribution is -2.41. The zero-order valence-corrected chi connectivity index (χ0v) is 17.3. The molecule has 0 heterocycles. The van der Waals surface area contributed by atoms with Gasteiger partial charge >= 0.3 is 20.5 Å². The van der Waals surface area contributed by atoms with Crippen molar-refractivity contribution in [2.75, 3.05) is 0 Å². The van der Waals surface area contributed by atoms with Crippen LogP contribution in [-0.4, -0.2) is 43.6 Å². The first kappa shape index (κ1) is 23.1. The average Bonchev–Trinajstić information content (AvgIpc) is 2.33. The topological polar surface area (TPSA) is 82.1 Å². The third-order valence-electron chi connectivity index (χ3n) is 3.57. The Balaban J connectivity index is 5.19. The van der Waals surface area contributed by atoms with Crippen molar-refractivity contribution >= 4 is 20.5 Å². The minimum atomic E-state index is -2.78. The summed E-state index contributed by atoms with van der Waals surface area (Å²) >= 11 is 0. The highest BCUT2D eigenvalue weighted by Gasteiger charge is 2.32. The van der Waals surface area contributed by atoms with E-state index < -0.39 is 8.56 Å². The predicted octanol–water partition coefficient (Wildman–Crippen LogP) is 3.02. The molecule has 0 spiro atoms. The molecule has 2 unspecified atom stereocenters. The first-order valence-corrected chi connectivity index (χ1v) is 11.4. The molecule has 0 aliphatic heterocycles. The SMILES string of the molecule is CC(=O)OC(CC(CC(OC(C)=O)C(C)C)O[Si](C)(C)O)C(C)C. The molecule has 0 aromatic carbocycles. The Bertz CT molecular complexity index is 372. The van der Waals surface area contributed by atoms with Gasteiger partial charge in [0.2, 0.25) is 0 Å². The maximum atomic E-state index is 11.3. The van der Waals surface area contributed by atoms with E-state index in [1.165, 1.54) is 13.8 Å². The quantitative estimate of drug-likeness (QED) is 0.475. The summed E-state index contributed by atoms with van der Waals surface area (Å²) < 4.78 is 16.6. The minimum Gasteiger partial charge on any atom is -0.462 e. The fourth-order valence-corrected chi connectivity index (χ4v) is 3.47. The molecule has 0 amide bonds. The third kappa shape index (κ3) is 10.8. The monoisotopic (exact) mass is 362 g/mol. The van der Waals surface area contributed by atoms with Crippen LogP contribution in [0.1, 0.15) is 54.4 Å². The Kier molecular flexibility index (Phi) is 9.76. The molecule has 2 atom stereocenters. The fraction of sp³-hybridized carbons (Fsp3) is 0.882. The van der Waals surface area contributed by atoms with Crippen LogP contribution in [0.2, 0.25) is 13.1 Å². The summed E-state index contributed by atoms with van der Waals surface area (Å²) in [7, 11) is -2.78. The van der Waals surface area contributed by atoms with E-state index in [-0.39, 0.29) is 42.1 Å². The highest BCUT2D eigenvalue weighted by molar-refractivity contribution is 6.63. The van der Waals surface area contributed by atoms with Gasteiger partial charge in [0.25, 0.3) is 0 Å². The Morgan fingerprint density at radius 2 is 1.21 bits per heavy atom. The summed E-state index contributed by atoms with van der Waals surface area (Å²) in [4.78, 5) is 32.8. The molecule has 0 aliphatic rings. The van der Waals surface area contributed by atoms with Gasteiger partial charge < -0.3 is 18.7 Å². The molecule has 0 bridgehead atoms. The Morgan fingerprint density at radius 3 is 1.42 bits per heavy atom. The number of hydrogen-bond acceptors (Lipinski definition) is 6. The first-order chi connectivity index (χ1) is 10.8. The van der Waals surface area contributed by atoms with E-state index in [9.17, 15) is 14.4 Å². The molecule has 1 N–H and O–H groups in total.